The Morgan fingerprint density at radius 2 is 1.79 bits per heavy atom. The van der Waals surface area contributed by atoms with Crippen molar-refractivity contribution in [1.82, 2.24) is 14.8 Å². The SMILES string of the molecule is O=C(Nc1ccc(Cl)c(-c2nccc3ccccc23)c1)c1ccc(Cn2cccn2)cc1Cl. The van der Waals surface area contributed by atoms with Gasteiger partial charge in [0, 0.05) is 35.2 Å². The summed E-state index contributed by atoms with van der Waals surface area (Å²) < 4.78 is 1.79. The van der Waals surface area contributed by atoms with E-state index in [2.05, 4.69) is 15.4 Å². The van der Waals surface area contributed by atoms with Crippen LogP contribution in [0.1, 0.15) is 15.9 Å². The predicted octanol–water partition coefficient (Wildman–Crippen LogP) is 6.71. The number of hydrogen-bond donors (Lipinski definition) is 1. The topological polar surface area (TPSA) is 59.8 Å². The van der Waals surface area contributed by atoms with E-state index in [1.54, 1.807) is 41.3 Å². The number of pyridine rings is 1. The van der Waals surface area contributed by atoms with Crippen LogP contribution in [0.5, 0.6) is 0 Å². The molecule has 33 heavy (non-hydrogen) atoms. The zero-order chi connectivity index (χ0) is 22.8. The Balaban J connectivity index is 1.41. The van der Waals surface area contributed by atoms with Crippen molar-refractivity contribution < 1.29 is 4.79 Å². The monoisotopic (exact) mass is 472 g/mol. The fraction of sp³-hybridized carbons (Fsp3) is 0.0385. The number of amides is 1. The van der Waals surface area contributed by atoms with Crippen LogP contribution in [0.2, 0.25) is 10.0 Å². The van der Waals surface area contributed by atoms with E-state index < -0.39 is 0 Å². The Bertz CT molecular complexity index is 1460. The number of aromatic nitrogens is 3. The maximum absolute atomic E-state index is 12.9. The molecule has 0 aliphatic rings. The van der Waals surface area contributed by atoms with Crippen LogP contribution in [0, 0.1) is 0 Å². The van der Waals surface area contributed by atoms with E-state index in [1.807, 2.05) is 54.7 Å². The fourth-order valence-electron chi connectivity index (χ4n) is 3.74. The molecule has 0 saturated heterocycles. The molecule has 5 aromatic rings. The van der Waals surface area contributed by atoms with Crippen molar-refractivity contribution in [3.05, 3.63) is 113 Å². The number of nitrogens with one attached hydrogen (secondary N) is 1. The Morgan fingerprint density at radius 1 is 0.909 bits per heavy atom. The van der Waals surface area contributed by atoms with Gasteiger partial charge in [-0.1, -0.05) is 53.5 Å². The standard InChI is InChI=1S/C26H18Cl2N4O/c27-23-9-7-19(15-22(23)25-20-5-2-1-4-18(20)10-12-29-25)31-26(33)21-8-6-17(14-24(21)28)16-32-13-3-11-30-32/h1-15H,16H2,(H,31,33). The second kappa shape index (κ2) is 9.06. The van der Waals surface area contributed by atoms with Gasteiger partial charge in [-0.15, -0.1) is 0 Å². The highest BCUT2D eigenvalue weighted by atomic mass is 35.5. The summed E-state index contributed by atoms with van der Waals surface area (Å²) in [6, 6.07) is 22.5. The van der Waals surface area contributed by atoms with Gasteiger partial charge in [-0.3, -0.25) is 14.5 Å². The third kappa shape index (κ3) is 4.46. The number of anilines is 1. The molecule has 0 fully saturated rings. The largest absolute Gasteiger partial charge is 0.322 e. The van der Waals surface area contributed by atoms with E-state index in [0.29, 0.717) is 27.8 Å². The molecule has 0 saturated carbocycles. The maximum atomic E-state index is 12.9. The molecular formula is C26H18Cl2N4O. The van der Waals surface area contributed by atoms with Crippen LogP contribution in [0.15, 0.2) is 91.4 Å². The van der Waals surface area contributed by atoms with Crippen molar-refractivity contribution in [2.45, 2.75) is 6.54 Å². The first-order valence-electron chi connectivity index (χ1n) is 10.3. The summed E-state index contributed by atoms with van der Waals surface area (Å²) >= 11 is 12.9. The van der Waals surface area contributed by atoms with Crippen molar-refractivity contribution in [3.8, 4) is 11.3 Å². The van der Waals surface area contributed by atoms with E-state index in [1.165, 1.54) is 0 Å². The van der Waals surface area contributed by atoms with E-state index in [9.17, 15) is 4.79 Å². The molecule has 162 valence electrons. The van der Waals surface area contributed by atoms with Crippen molar-refractivity contribution in [2.24, 2.45) is 0 Å². The van der Waals surface area contributed by atoms with Gasteiger partial charge in [-0.2, -0.15) is 5.10 Å². The minimum Gasteiger partial charge on any atom is -0.322 e. The van der Waals surface area contributed by atoms with Gasteiger partial charge in [0.25, 0.3) is 5.91 Å². The summed E-state index contributed by atoms with van der Waals surface area (Å²) in [4.78, 5) is 17.5. The molecule has 1 N–H and O–H groups in total. The summed E-state index contributed by atoms with van der Waals surface area (Å²) in [5.74, 6) is -0.301. The van der Waals surface area contributed by atoms with Crippen molar-refractivity contribution >= 4 is 45.6 Å². The van der Waals surface area contributed by atoms with Crippen molar-refractivity contribution in [3.63, 3.8) is 0 Å². The van der Waals surface area contributed by atoms with Gasteiger partial charge in [0.15, 0.2) is 0 Å². The van der Waals surface area contributed by atoms with Crippen LogP contribution >= 0.6 is 23.2 Å². The number of hydrogen-bond acceptors (Lipinski definition) is 3. The van der Waals surface area contributed by atoms with E-state index in [-0.39, 0.29) is 5.91 Å². The van der Waals surface area contributed by atoms with Crippen LogP contribution in [0.4, 0.5) is 5.69 Å². The molecular weight excluding hydrogens is 455 g/mol. The van der Waals surface area contributed by atoms with Gasteiger partial charge in [0.2, 0.25) is 0 Å². The lowest BCUT2D eigenvalue weighted by atomic mass is 10.0. The van der Waals surface area contributed by atoms with Crippen LogP contribution in [0.3, 0.4) is 0 Å². The average molecular weight is 473 g/mol. The third-order valence-corrected chi connectivity index (χ3v) is 5.98. The Labute approximate surface area is 200 Å². The zero-order valence-electron chi connectivity index (χ0n) is 17.4. The summed E-state index contributed by atoms with van der Waals surface area (Å²) in [6.45, 7) is 0.577. The summed E-state index contributed by atoms with van der Waals surface area (Å²) in [6.07, 6.45) is 5.35. The lowest BCUT2D eigenvalue weighted by Gasteiger charge is -2.12. The molecule has 1 amide bonds. The molecule has 0 bridgehead atoms. The summed E-state index contributed by atoms with van der Waals surface area (Å²) in [7, 11) is 0. The first kappa shape index (κ1) is 21.2. The minimum absolute atomic E-state index is 0.301. The number of carbonyl (C=O) groups is 1. The van der Waals surface area contributed by atoms with E-state index >= 15 is 0 Å². The van der Waals surface area contributed by atoms with Gasteiger partial charge < -0.3 is 5.32 Å². The first-order valence-corrected chi connectivity index (χ1v) is 11.0. The third-order valence-electron chi connectivity index (χ3n) is 5.33. The van der Waals surface area contributed by atoms with E-state index in [0.717, 1.165) is 27.6 Å². The fourth-order valence-corrected chi connectivity index (χ4v) is 4.24. The number of nitrogens with zero attached hydrogens (tertiary/aromatic N) is 3. The molecule has 0 unspecified atom stereocenters. The molecule has 0 spiro atoms. The highest BCUT2D eigenvalue weighted by Gasteiger charge is 2.14. The smallest absolute Gasteiger partial charge is 0.257 e. The lowest BCUT2D eigenvalue weighted by molar-refractivity contribution is 0.102. The number of carbonyl (C=O) groups excluding carboxylic acids is 1. The summed E-state index contributed by atoms with van der Waals surface area (Å²) in [5, 5.41) is 10.1. The van der Waals surface area contributed by atoms with Gasteiger partial charge in [-0.05, 0) is 53.4 Å². The normalized spacial score (nSPS) is 11.0. The summed E-state index contributed by atoms with van der Waals surface area (Å²) in [5.41, 5.74) is 3.45. The molecule has 0 radical (unpaired) electrons. The average Bonchev–Trinajstić information content (AvgIpc) is 3.33. The number of fused-ring (bicyclic) bond motifs is 1. The van der Waals surface area contributed by atoms with Gasteiger partial charge in [0.05, 0.1) is 27.8 Å². The van der Waals surface area contributed by atoms with Crippen LogP contribution in [-0.4, -0.2) is 20.7 Å². The van der Waals surface area contributed by atoms with Gasteiger partial charge >= 0.3 is 0 Å². The Hall–Kier alpha value is -3.67. The minimum atomic E-state index is -0.301. The van der Waals surface area contributed by atoms with Crippen molar-refractivity contribution in [2.75, 3.05) is 5.32 Å². The van der Waals surface area contributed by atoms with Gasteiger partial charge in [0.1, 0.15) is 0 Å². The number of halogens is 2. The Kier molecular flexibility index (Phi) is 5.82. The molecule has 2 aromatic heterocycles. The molecule has 3 aromatic carbocycles. The molecule has 0 aliphatic carbocycles. The molecule has 5 rings (SSSR count). The number of benzene rings is 3. The highest BCUT2D eigenvalue weighted by molar-refractivity contribution is 6.35. The second-order valence-electron chi connectivity index (χ2n) is 7.55. The van der Waals surface area contributed by atoms with Crippen LogP contribution < -0.4 is 5.32 Å². The van der Waals surface area contributed by atoms with Crippen LogP contribution in [-0.2, 0) is 6.54 Å². The maximum Gasteiger partial charge on any atom is 0.257 e. The second-order valence-corrected chi connectivity index (χ2v) is 8.36. The first-order chi connectivity index (χ1) is 16.1. The van der Waals surface area contributed by atoms with Crippen LogP contribution in [0.25, 0.3) is 22.0 Å². The molecule has 0 atom stereocenters. The van der Waals surface area contributed by atoms with Gasteiger partial charge in [-0.25, -0.2) is 0 Å². The molecule has 5 nitrogen and oxygen atoms in total. The molecule has 7 heteroatoms. The van der Waals surface area contributed by atoms with E-state index in [4.69, 9.17) is 23.2 Å². The number of rotatable bonds is 5. The quantitative estimate of drug-likeness (QED) is 0.309. The zero-order valence-corrected chi connectivity index (χ0v) is 18.9. The highest BCUT2D eigenvalue weighted by Crippen LogP contribution is 2.34. The molecule has 0 aliphatic heterocycles. The predicted molar refractivity (Wildman–Crippen MR) is 133 cm³/mol. The Morgan fingerprint density at radius 3 is 2.61 bits per heavy atom. The molecule has 2 heterocycles. The van der Waals surface area contributed by atoms with Crippen molar-refractivity contribution in [1.29, 1.82) is 0 Å². The lowest BCUT2D eigenvalue weighted by Crippen LogP contribution is -2.13.